The number of methoxy groups -OCH3 is 1. The molecule has 0 saturated carbocycles. The van der Waals surface area contributed by atoms with Gasteiger partial charge in [-0.05, 0) is 73.4 Å². The zero-order chi connectivity index (χ0) is 20.5. The van der Waals surface area contributed by atoms with Crippen LogP contribution >= 0.6 is 0 Å². The van der Waals surface area contributed by atoms with E-state index in [0.29, 0.717) is 0 Å². The second-order valence-corrected chi connectivity index (χ2v) is 8.17. The van der Waals surface area contributed by atoms with Crippen molar-refractivity contribution in [3.63, 3.8) is 0 Å². The first kappa shape index (κ1) is 19.6. The molecule has 3 aromatic rings. The summed E-state index contributed by atoms with van der Waals surface area (Å²) in [6.45, 7) is 6.25. The van der Waals surface area contributed by atoms with E-state index in [1.165, 1.54) is 41.2 Å². The maximum absolute atomic E-state index is 12.8. The highest BCUT2D eigenvalue weighted by Gasteiger charge is 2.29. The summed E-state index contributed by atoms with van der Waals surface area (Å²) in [5.41, 5.74) is 9.39. The number of hydrogen-bond donors (Lipinski definition) is 0. The first-order valence-corrected chi connectivity index (χ1v) is 10.6. The van der Waals surface area contributed by atoms with Crippen molar-refractivity contribution in [2.45, 2.75) is 58.8 Å². The highest BCUT2D eigenvalue weighted by atomic mass is 16.5. The van der Waals surface area contributed by atoms with Gasteiger partial charge in [-0.25, -0.2) is 0 Å². The summed E-state index contributed by atoms with van der Waals surface area (Å²) in [6, 6.07) is 13.1. The van der Waals surface area contributed by atoms with E-state index in [-0.39, 0.29) is 11.9 Å². The second-order valence-electron chi connectivity index (χ2n) is 8.17. The molecule has 0 aliphatic heterocycles. The van der Waals surface area contributed by atoms with E-state index >= 15 is 0 Å². The Balaban J connectivity index is 2.11. The lowest BCUT2D eigenvalue weighted by Crippen LogP contribution is -2.17. The van der Waals surface area contributed by atoms with Gasteiger partial charge in [0.2, 0.25) is 0 Å². The first-order valence-electron chi connectivity index (χ1n) is 10.6. The summed E-state index contributed by atoms with van der Waals surface area (Å²) in [4.78, 5) is 17.8. The van der Waals surface area contributed by atoms with Crippen molar-refractivity contribution in [3.8, 4) is 11.1 Å². The van der Waals surface area contributed by atoms with Gasteiger partial charge in [0.05, 0.1) is 18.5 Å². The molecule has 0 fully saturated rings. The minimum Gasteiger partial charge on any atom is -0.469 e. The van der Waals surface area contributed by atoms with E-state index in [1.807, 2.05) is 6.92 Å². The summed E-state index contributed by atoms with van der Waals surface area (Å²) < 4.78 is 5.22. The van der Waals surface area contributed by atoms with Crippen LogP contribution < -0.4 is 0 Å². The molecule has 0 bridgehead atoms. The third-order valence-corrected chi connectivity index (χ3v) is 6.21. The first-order chi connectivity index (χ1) is 14.0. The van der Waals surface area contributed by atoms with E-state index in [9.17, 15) is 4.79 Å². The van der Waals surface area contributed by atoms with Gasteiger partial charge in [-0.3, -0.25) is 9.78 Å². The molecule has 0 saturated heterocycles. The molecule has 150 valence electrons. The van der Waals surface area contributed by atoms with E-state index < -0.39 is 0 Å². The molecule has 1 aliphatic carbocycles. The molecule has 0 spiro atoms. The molecule has 0 amide bonds. The van der Waals surface area contributed by atoms with Gasteiger partial charge in [-0.1, -0.05) is 49.2 Å². The Kier molecular flexibility index (Phi) is 5.40. The predicted octanol–water partition coefficient (Wildman–Crippen LogP) is 6.06. The highest BCUT2D eigenvalue weighted by molar-refractivity contribution is 6.01. The molecule has 0 N–H and O–H groups in total. The third kappa shape index (κ3) is 3.43. The Bertz CT molecular complexity index is 1070. The number of hydrogen-bond acceptors (Lipinski definition) is 3. The smallest absolute Gasteiger partial charge is 0.313 e. The number of rotatable bonds is 5. The zero-order valence-corrected chi connectivity index (χ0v) is 17.8. The van der Waals surface area contributed by atoms with Crippen LogP contribution in [0.25, 0.3) is 22.0 Å². The normalized spacial score (nSPS) is 14.1. The SMILES string of the molecule is CCCC(C(=O)OC)c1c(C)nc2ccc3c(c2c1-c1ccc(C)cc1)CCC3. The number of ether oxygens (including phenoxy) is 1. The molecule has 0 radical (unpaired) electrons. The van der Waals surface area contributed by atoms with Gasteiger partial charge in [-0.2, -0.15) is 0 Å². The summed E-state index contributed by atoms with van der Waals surface area (Å²) in [5.74, 6) is -0.465. The van der Waals surface area contributed by atoms with E-state index in [1.54, 1.807) is 0 Å². The summed E-state index contributed by atoms with van der Waals surface area (Å²) in [6.07, 6.45) is 5.05. The van der Waals surface area contributed by atoms with Gasteiger partial charge in [0.1, 0.15) is 0 Å². The quantitative estimate of drug-likeness (QED) is 0.499. The zero-order valence-electron chi connectivity index (χ0n) is 17.8. The summed E-state index contributed by atoms with van der Waals surface area (Å²) in [5, 5.41) is 1.23. The molecular weight excluding hydrogens is 358 g/mol. The fraction of sp³-hybridized carbons (Fsp3) is 0.385. The van der Waals surface area contributed by atoms with Crippen molar-refractivity contribution >= 4 is 16.9 Å². The van der Waals surface area contributed by atoms with E-state index in [2.05, 4.69) is 50.2 Å². The van der Waals surface area contributed by atoms with Crippen LogP contribution in [0, 0.1) is 13.8 Å². The van der Waals surface area contributed by atoms with Crippen molar-refractivity contribution in [3.05, 3.63) is 64.3 Å². The highest BCUT2D eigenvalue weighted by Crippen LogP contribution is 2.42. The maximum Gasteiger partial charge on any atom is 0.313 e. The number of esters is 1. The fourth-order valence-electron chi connectivity index (χ4n) is 4.84. The minimum atomic E-state index is -0.296. The van der Waals surface area contributed by atoms with Gasteiger partial charge in [-0.15, -0.1) is 0 Å². The molecule has 3 heteroatoms. The Morgan fingerprint density at radius 1 is 1.10 bits per heavy atom. The molecule has 29 heavy (non-hydrogen) atoms. The molecule has 1 aliphatic rings. The number of nitrogens with zero attached hydrogens (tertiary/aromatic N) is 1. The van der Waals surface area contributed by atoms with Crippen molar-refractivity contribution in [2.75, 3.05) is 7.11 Å². The van der Waals surface area contributed by atoms with E-state index in [4.69, 9.17) is 9.72 Å². The molecule has 1 heterocycles. The standard InChI is InChI=1S/C26H29NO2/c1-5-7-21(26(28)29-4)23-17(3)27-22-15-14-18-8-6-9-20(18)25(22)24(23)19-12-10-16(2)11-13-19/h10-15,21H,5-9H2,1-4H3. The van der Waals surface area contributed by atoms with Crippen molar-refractivity contribution in [1.29, 1.82) is 0 Å². The molecule has 1 aromatic heterocycles. The molecule has 3 nitrogen and oxygen atoms in total. The number of benzene rings is 2. The number of aryl methyl sites for hydroxylation is 4. The number of fused-ring (bicyclic) bond motifs is 3. The third-order valence-electron chi connectivity index (χ3n) is 6.21. The Labute approximate surface area is 173 Å². The van der Waals surface area contributed by atoms with Crippen LogP contribution in [0.15, 0.2) is 36.4 Å². The van der Waals surface area contributed by atoms with Crippen LogP contribution in [0.2, 0.25) is 0 Å². The lowest BCUT2D eigenvalue weighted by atomic mass is 9.83. The van der Waals surface area contributed by atoms with Gasteiger partial charge in [0.15, 0.2) is 0 Å². The lowest BCUT2D eigenvalue weighted by molar-refractivity contribution is -0.142. The number of pyridine rings is 1. The van der Waals surface area contributed by atoms with Gasteiger partial charge >= 0.3 is 5.97 Å². The Hall–Kier alpha value is -2.68. The number of carbonyl (C=O) groups excluding carboxylic acids is 1. The molecule has 4 rings (SSSR count). The van der Waals surface area contributed by atoms with Crippen LogP contribution in [0.3, 0.4) is 0 Å². The Morgan fingerprint density at radius 3 is 2.55 bits per heavy atom. The van der Waals surface area contributed by atoms with Crippen LogP contribution in [-0.2, 0) is 22.4 Å². The van der Waals surface area contributed by atoms with Crippen LogP contribution in [0.5, 0.6) is 0 Å². The summed E-state index contributed by atoms with van der Waals surface area (Å²) >= 11 is 0. The average molecular weight is 388 g/mol. The van der Waals surface area contributed by atoms with Gasteiger partial charge in [0, 0.05) is 11.1 Å². The molecule has 2 aromatic carbocycles. The van der Waals surface area contributed by atoms with E-state index in [0.717, 1.165) is 48.0 Å². The molecule has 1 atom stereocenters. The average Bonchev–Trinajstić information content (AvgIpc) is 3.20. The van der Waals surface area contributed by atoms with Crippen molar-refractivity contribution < 1.29 is 9.53 Å². The minimum absolute atomic E-state index is 0.169. The fourth-order valence-corrected chi connectivity index (χ4v) is 4.84. The monoisotopic (exact) mass is 387 g/mol. The van der Waals surface area contributed by atoms with Crippen molar-refractivity contribution in [1.82, 2.24) is 4.98 Å². The van der Waals surface area contributed by atoms with Gasteiger partial charge < -0.3 is 4.74 Å². The Morgan fingerprint density at radius 2 is 1.86 bits per heavy atom. The molecule has 1 unspecified atom stereocenters. The number of aromatic nitrogens is 1. The van der Waals surface area contributed by atoms with Crippen LogP contribution in [0.4, 0.5) is 0 Å². The van der Waals surface area contributed by atoms with Gasteiger partial charge in [0.25, 0.3) is 0 Å². The van der Waals surface area contributed by atoms with Crippen LogP contribution in [0.1, 0.15) is 60.1 Å². The predicted molar refractivity (Wildman–Crippen MR) is 118 cm³/mol. The lowest BCUT2D eigenvalue weighted by Gasteiger charge is -2.23. The largest absolute Gasteiger partial charge is 0.469 e. The summed E-state index contributed by atoms with van der Waals surface area (Å²) in [7, 11) is 1.48. The van der Waals surface area contributed by atoms with Crippen molar-refractivity contribution in [2.24, 2.45) is 0 Å². The second kappa shape index (κ2) is 7.98. The number of carbonyl (C=O) groups is 1. The molecular formula is C26H29NO2. The topological polar surface area (TPSA) is 39.2 Å². The van der Waals surface area contributed by atoms with Crippen LogP contribution in [-0.4, -0.2) is 18.1 Å². The maximum atomic E-state index is 12.8.